The third-order valence-corrected chi connectivity index (χ3v) is 4.73. The van der Waals surface area contributed by atoms with Gasteiger partial charge in [0.15, 0.2) is 9.84 Å². The van der Waals surface area contributed by atoms with E-state index >= 15 is 0 Å². The Bertz CT molecular complexity index is 671. The molecule has 0 aliphatic carbocycles. The van der Waals surface area contributed by atoms with Crippen LogP contribution in [0.15, 0.2) is 18.2 Å². The molecule has 1 heterocycles. The van der Waals surface area contributed by atoms with Crippen LogP contribution >= 0.6 is 0 Å². The second-order valence-corrected chi connectivity index (χ2v) is 6.91. The molecule has 0 atom stereocenters. The van der Waals surface area contributed by atoms with Gasteiger partial charge in [0.1, 0.15) is 5.75 Å². The van der Waals surface area contributed by atoms with Gasteiger partial charge in [-0.3, -0.25) is 0 Å². The number of nitrogens with one attached hydrogen (secondary N) is 1. The Kier molecular flexibility index (Phi) is 4.03. The van der Waals surface area contributed by atoms with E-state index < -0.39 is 21.8 Å². The summed E-state index contributed by atoms with van der Waals surface area (Å²) >= 11 is 0. The van der Waals surface area contributed by atoms with Gasteiger partial charge in [-0.05, 0) is 18.2 Å². The van der Waals surface area contributed by atoms with Crippen LogP contribution in [-0.4, -0.2) is 60.1 Å². The number of amides is 2. The molecular weight excluding hydrogens is 300 g/mol. The molecule has 8 nitrogen and oxygen atoms in total. The smallest absolute Gasteiger partial charge is 0.335 e. The number of carboxylic acids is 1. The first-order chi connectivity index (χ1) is 9.78. The second-order valence-electron chi connectivity index (χ2n) is 4.61. The number of aromatic hydroxyl groups is 1. The van der Waals surface area contributed by atoms with Crippen molar-refractivity contribution in [3.8, 4) is 5.75 Å². The Hall–Kier alpha value is -2.29. The van der Waals surface area contributed by atoms with E-state index in [1.54, 1.807) is 0 Å². The van der Waals surface area contributed by atoms with Crippen LogP contribution in [0.2, 0.25) is 0 Å². The average molecular weight is 314 g/mol. The van der Waals surface area contributed by atoms with Crippen LogP contribution in [0.3, 0.4) is 0 Å². The lowest BCUT2D eigenvalue weighted by molar-refractivity contribution is 0.0696. The van der Waals surface area contributed by atoms with Gasteiger partial charge in [0.25, 0.3) is 0 Å². The second kappa shape index (κ2) is 5.60. The highest BCUT2D eigenvalue weighted by Gasteiger charge is 2.25. The number of hydrogen-bond acceptors (Lipinski definition) is 5. The summed E-state index contributed by atoms with van der Waals surface area (Å²) < 4.78 is 22.6. The van der Waals surface area contributed by atoms with Gasteiger partial charge in [-0.15, -0.1) is 0 Å². The maximum Gasteiger partial charge on any atom is 0.335 e. The van der Waals surface area contributed by atoms with Crippen molar-refractivity contribution < 1.29 is 28.2 Å². The van der Waals surface area contributed by atoms with Gasteiger partial charge in [-0.2, -0.15) is 0 Å². The lowest BCUT2D eigenvalue weighted by Crippen LogP contribution is -2.45. The van der Waals surface area contributed by atoms with Crippen molar-refractivity contribution in [3.05, 3.63) is 23.8 Å². The molecule has 21 heavy (non-hydrogen) atoms. The van der Waals surface area contributed by atoms with E-state index in [1.165, 1.54) is 17.0 Å². The number of rotatable bonds is 2. The molecule has 3 N–H and O–H groups in total. The third-order valence-electron chi connectivity index (χ3n) is 3.12. The number of carbonyl (C=O) groups excluding carboxylic acids is 1. The molecule has 2 rings (SSSR count). The van der Waals surface area contributed by atoms with E-state index in [0.717, 1.165) is 6.07 Å². The Morgan fingerprint density at radius 1 is 1.19 bits per heavy atom. The minimum Gasteiger partial charge on any atom is -0.506 e. The van der Waals surface area contributed by atoms with E-state index in [9.17, 15) is 23.1 Å². The highest BCUT2D eigenvalue weighted by atomic mass is 32.2. The zero-order chi connectivity index (χ0) is 15.6. The number of carbonyl (C=O) groups is 2. The van der Waals surface area contributed by atoms with E-state index in [1.807, 2.05) is 0 Å². The number of phenolic OH excluding ortho intramolecular Hbond substituents is 1. The first-order valence-electron chi connectivity index (χ1n) is 6.11. The zero-order valence-corrected chi connectivity index (χ0v) is 11.8. The molecule has 1 aliphatic rings. The number of anilines is 1. The predicted octanol–water partition coefficient (Wildman–Crippen LogP) is 0.353. The van der Waals surface area contributed by atoms with Gasteiger partial charge in [-0.1, -0.05) is 0 Å². The van der Waals surface area contributed by atoms with Crippen molar-refractivity contribution in [3.63, 3.8) is 0 Å². The van der Waals surface area contributed by atoms with Crippen LogP contribution in [0.5, 0.6) is 5.75 Å². The molecule has 9 heteroatoms. The Morgan fingerprint density at radius 2 is 1.81 bits per heavy atom. The Morgan fingerprint density at radius 3 is 2.33 bits per heavy atom. The fourth-order valence-corrected chi connectivity index (χ4v) is 3.08. The van der Waals surface area contributed by atoms with E-state index in [2.05, 4.69) is 5.32 Å². The number of carboxylic acid groups (broad SMARTS) is 1. The van der Waals surface area contributed by atoms with Crippen LogP contribution in [0.25, 0.3) is 0 Å². The molecule has 0 aromatic heterocycles. The van der Waals surface area contributed by atoms with Gasteiger partial charge < -0.3 is 20.4 Å². The molecule has 0 radical (unpaired) electrons. The third kappa shape index (κ3) is 3.63. The molecule has 0 saturated carbocycles. The standard InChI is InChI=1S/C12H14N2O6S/c15-10-7-8(11(16)17)1-2-9(10)13-12(18)14-3-5-21(19,20)6-4-14/h1-2,7,15H,3-6H2,(H,13,18)(H,16,17). The zero-order valence-electron chi connectivity index (χ0n) is 10.9. The first kappa shape index (κ1) is 15.1. The van der Waals surface area contributed by atoms with E-state index in [4.69, 9.17) is 5.11 Å². The van der Waals surface area contributed by atoms with Gasteiger partial charge in [-0.25, -0.2) is 18.0 Å². The molecule has 0 spiro atoms. The lowest BCUT2D eigenvalue weighted by Gasteiger charge is -2.26. The van der Waals surface area contributed by atoms with Crippen LogP contribution in [-0.2, 0) is 9.84 Å². The normalized spacial score (nSPS) is 17.2. The van der Waals surface area contributed by atoms with Crippen molar-refractivity contribution in [1.29, 1.82) is 0 Å². The van der Waals surface area contributed by atoms with E-state index in [0.29, 0.717) is 0 Å². The largest absolute Gasteiger partial charge is 0.506 e. The van der Waals surface area contributed by atoms with Crippen molar-refractivity contribution in [2.45, 2.75) is 0 Å². The molecule has 1 saturated heterocycles. The van der Waals surface area contributed by atoms with Crippen LogP contribution in [0, 0.1) is 0 Å². The van der Waals surface area contributed by atoms with Crippen molar-refractivity contribution >= 4 is 27.5 Å². The summed E-state index contributed by atoms with van der Waals surface area (Å²) in [6.07, 6.45) is 0. The minimum absolute atomic E-state index is 0.0680. The summed E-state index contributed by atoms with van der Waals surface area (Å²) in [7, 11) is -3.08. The average Bonchev–Trinajstić information content (AvgIpc) is 2.40. The lowest BCUT2D eigenvalue weighted by atomic mass is 10.2. The predicted molar refractivity (Wildman–Crippen MR) is 74.3 cm³/mol. The molecular formula is C12H14N2O6S. The fraction of sp³-hybridized carbons (Fsp3) is 0.333. The summed E-state index contributed by atoms with van der Waals surface area (Å²) in [4.78, 5) is 24.0. The molecule has 0 bridgehead atoms. The summed E-state index contributed by atoms with van der Waals surface area (Å²) in [5, 5.41) is 20.9. The molecule has 114 valence electrons. The van der Waals surface area contributed by atoms with Crippen LogP contribution in [0.4, 0.5) is 10.5 Å². The van der Waals surface area contributed by atoms with E-state index in [-0.39, 0.29) is 41.6 Å². The maximum atomic E-state index is 11.9. The molecule has 2 amide bonds. The molecule has 0 unspecified atom stereocenters. The summed E-state index contributed by atoms with van der Waals surface area (Å²) in [6, 6.07) is 3.01. The van der Waals surface area contributed by atoms with Gasteiger partial charge in [0, 0.05) is 13.1 Å². The van der Waals surface area contributed by atoms with Gasteiger partial charge >= 0.3 is 12.0 Å². The van der Waals surface area contributed by atoms with Crippen molar-refractivity contribution in [2.24, 2.45) is 0 Å². The number of benzene rings is 1. The Labute approximate surface area is 120 Å². The highest BCUT2D eigenvalue weighted by Crippen LogP contribution is 2.24. The first-order valence-corrected chi connectivity index (χ1v) is 7.93. The number of phenols is 1. The van der Waals surface area contributed by atoms with Crippen molar-refractivity contribution in [1.82, 2.24) is 4.90 Å². The summed E-state index contributed by atoms with van der Waals surface area (Å²) in [5.74, 6) is -1.74. The number of hydrogen-bond donors (Lipinski definition) is 3. The maximum absolute atomic E-state index is 11.9. The minimum atomic E-state index is -3.08. The molecule has 1 fully saturated rings. The monoisotopic (exact) mass is 314 g/mol. The molecule has 1 aliphatic heterocycles. The number of aromatic carboxylic acids is 1. The number of sulfone groups is 1. The van der Waals surface area contributed by atoms with Crippen LogP contribution < -0.4 is 5.32 Å². The van der Waals surface area contributed by atoms with Gasteiger partial charge in [0.05, 0.1) is 22.8 Å². The molecule has 1 aromatic rings. The number of urea groups is 1. The van der Waals surface area contributed by atoms with Gasteiger partial charge in [0.2, 0.25) is 0 Å². The summed E-state index contributed by atoms with van der Waals surface area (Å²) in [5.41, 5.74) is -0.0343. The molecule has 1 aromatic carbocycles. The SMILES string of the molecule is O=C(O)c1ccc(NC(=O)N2CCS(=O)(=O)CC2)c(O)c1. The summed E-state index contributed by atoms with van der Waals surface area (Å²) in [6.45, 7) is 0.171. The number of nitrogens with zero attached hydrogens (tertiary/aromatic N) is 1. The van der Waals surface area contributed by atoms with Crippen LogP contribution in [0.1, 0.15) is 10.4 Å². The fourth-order valence-electron chi connectivity index (χ4n) is 1.88. The highest BCUT2D eigenvalue weighted by molar-refractivity contribution is 7.91. The Balaban J connectivity index is 2.05. The quantitative estimate of drug-likeness (QED) is 0.677. The topological polar surface area (TPSA) is 124 Å². The van der Waals surface area contributed by atoms with Crippen molar-refractivity contribution in [2.75, 3.05) is 29.9 Å².